The third kappa shape index (κ3) is 5.36. The molecule has 7 nitrogen and oxygen atoms in total. The number of carbonyl (C=O) groups is 2. The van der Waals surface area contributed by atoms with Crippen molar-refractivity contribution >= 4 is 11.9 Å². The van der Waals surface area contributed by atoms with Gasteiger partial charge in [0.1, 0.15) is 0 Å². The summed E-state index contributed by atoms with van der Waals surface area (Å²) in [4.78, 5) is 26.2. The number of rotatable bonds is 6. The minimum atomic E-state index is -0.581. The molecule has 0 bridgehead atoms. The molecular weight excluding hydrogens is 338 g/mol. The van der Waals surface area contributed by atoms with Crippen LogP contribution in [-0.2, 0) is 14.3 Å². The Bertz CT molecular complexity index is 635. The van der Waals surface area contributed by atoms with Gasteiger partial charge in [0.15, 0.2) is 18.1 Å². The number of ether oxygens (including phenoxy) is 4. The first-order valence-corrected chi connectivity index (χ1v) is 8.75. The summed E-state index contributed by atoms with van der Waals surface area (Å²) in [6.07, 6.45) is -0.0787. The van der Waals surface area contributed by atoms with Crippen molar-refractivity contribution in [2.24, 2.45) is 0 Å². The quantitative estimate of drug-likeness (QED) is 0.720. The zero-order valence-corrected chi connectivity index (χ0v) is 16.0. The Balaban J connectivity index is 1.96. The van der Waals surface area contributed by atoms with E-state index in [0.29, 0.717) is 30.2 Å². The van der Waals surface area contributed by atoms with Gasteiger partial charge in [-0.15, -0.1) is 0 Å². The number of nitrogens with zero attached hydrogens (tertiary/aromatic N) is 1. The van der Waals surface area contributed by atoms with Gasteiger partial charge in [0.25, 0.3) is 5.91 Å². The first-order chi connectivity index (χ1) is 12.3. The van der Waals surface area contributed by atoms with E-state index < -0.39 is 5.97 Å². The van der Waals surface area contributed by atoms with E-state index in [4.69, 9.17) is 18.9 Å². The number of hydrogen-bond acceptors (Lipinski definition) is 6. The third-order valence-electron chi connectivity index (χ3n) is 3.86. The number of hydrogen-bond donors (Lipinski definition) is 0. The number of morpholine rings is 1. The third-order valence-corrected chi connectivity index (χ3v) is 3.86. The van der Waals surface area contributed by atoms with Crippen LogP contribution < -0.4 is 9.47 Å². The smallest absolute Gasteiger partial charge is 0.338 e. The summed E-state index contributed by atoms with van der Waals surface area (Å²) in [5.74, 6) is 0.177. The Labute approximate surface area is 154 Å². The van der Waals surface area contributed by atoms with Gasteiger partial charge in [-0.3, -0.25) is 4.79 Å². The molecular formula is C19H27NO6. The van der Waals surface area contributed by atoms with Crippen LogP contribution in [0, 0.1) is 0 Å². The van der Waals surface area contributed by atoms with Crippen LogP contribution >= 0.6 is 0 Å². The Morgan fingerprint density at radius 1 is 1.19 bits per heavy atom. The Morgan fingerprint density at radius 2 is 1.85 bits per heavy atom. The topological polar surface area (TPSA) is 74.3 Å². The molecule has 7 heteroatoms. The summed E-state index contributed by atoms with van der Waals surface area (Å²) in [5, 5.41) is 0. The van der Waals surface area contributed by atoms with Gasteiger partial charge in [-0.05, 0) is 45.9 Å². The first-order valence-electron chi connectivity index (χ1n) is 8.75. The van der Waals surface area contributed by atoms with Gasteiger partial charge in [0.05, 0.1) is 31.0 Å². The van der Waals surface area contributed by atoms with Crippen LogP contribution in [0.15, 0.2) is 18.2 Å². The second kappa shape index (κ2) is 8.89. The highest BCUT2D eigenvalue weighted by Crippen LogP contribution is 2.29. The normalized spacial score (nSPS) is 20.0. The van der Waals surface area contributed by atoms with Crippen molar-refractivity contribution in [2.75, 3.05) is 26.8 Å². The molecule has 26 heavy (non-hydrogen) atoms. The zero-order valence-electron chi connectivity index (χ0n) is 16.0. The average molecular weight is 365 g/mol. The van der Waals surface area contributed by atoms with Crippen molar-refractivity contribution in [3.63, 3.8) is 0 Å². The molecule has 1 aromatic rings. The van der Waals surface area contributed by atoms with Gasteiger partial charge in [0, 0.05) is 13.1 Å². The molecule has 0 aliphatic carbocycles. The standard InChI is InChI=1S/C19H27NO6/c1-12(2)25-16-7-6-15(8-17(16)23-5)19(22)24-11-18(21)20-9-13(3)26-14(4)10-20/h6-8,12-14H,9-11H2,1-5H3. The molecule has 0 aromatic heterocycles. The van der Waals surface area contributed by atoms with Crippen molar-refractivity contribution in [3.8, 4) is 11.5 Å². The van der Waals surface area contributed by atoms with Gasteiger partial charge < -0.3 is 23.8 Å². The van der Waals surface area contributed by atoms with E-state index in [2.05, 4.69) is 0 Å². The molecule has 0 spiro atoms. The van der Waals surface area contributed by atoms with Crippen LogP contribution in [-0.4, -0.2) is 61.9 Å². The van der Waals surface area contributed by atoms with Gasteiger partial charge >= 0.3 is 5.97 Å². The Morgan fingerprint density at radius 3 is 2.42 bits per heavy atom. The number of benzene rings is 1. The maximum Gasteiger partial charge on any atom is 0.338 e. The molecule has 0 radical (unpaired) electrons. The zero-order chi connectivity index (χ0) is 19.3. The molecule has 1 saturated heterocycles. The Kier molecular flexibility index (Phi) is 6.85. The van der Waals surface area contributed by atoms with Crippen molar-refractivity contribution in [3.05, 3.63) is 23.8 Å². The van der Waals surface area contributed by atoms with Gasteiger partial charge in [-0.1, -0.05) is 0 Å². The molecule has 1 amide bonds. The van der Waals surface area contributed by atoms with Crippen LogP contribution in [0.25, 0.3) is 0 Å². The molecule has 1 heterocycles. The van der Waals surface area contributed by atoms with E-state index in [1.165, 1.54) is 7.11 Å². The Hall–Kier alpha value is -2.28. The van der Waals surface area contributed by atoms with Crippen molar-refractivity contribution in [2.45, 2.75) is 46.0 Å². The lowest BCUT2D eigenvalue weighted by Crippen LogP contribution is -2.49. The fourth-order valence-electron chi connectivity index (χ4n) is 2.83. The second-order valence-electron chi connectivity index (χ2n) is 6.66. The highest BCUT2D eigenvalue weighted by Gasteiger charge is 2.26. The van der Waals surface area contributed by atoms with Crippen molar-refractivity contribution in [1.29, 1.82) is 0 Å². The maximum absolute atomic E-state index is 12.3. The first kappa shape index (κ1) is 20.0. The number of methoxy groups -OCH3 is 1. The monoisotopic (exact) mass is 365 g/mol. The van der Waals surface area contributed by atoms with Crippen LogP contribution in [0.5, 0.6) is 11.5 Å². The molecule has 2 rings (SSSR count). The molecule has 1 aromatic carbocycles. The van der Waals surface area contributed by atoms with Crippen LogP contribution in [0.4, 0.5) is 0 Å². The molecule has 1 aliphatic rings. The summed E-state index contributed by atoms with van der Waals surface area (Å²) in [7, 11) is 1.50. The summed E-state index contributed by atoms with van der Waals surface area (Å²) < 4.78 is 21.6. The summed E-state index contributed by atoms with van der Waals surface area (Å²) in [6, 6.07) is 4.79. The van der Waals surface area contributed by atoms with E-state index in [-0.39, 0.29) is 30.8 Å². The van der Waals surface area contributed by atoms with Crippen molar-refractivity contribution < 1.29 is 28.5 Å². The maximum atomic E-state index is 12.3. The molecule has 2 unspecified atom stereocenters. The minimum absolute atomic E-state index is 0.0161. The van der Waals surface area contributed by atoms with E-state index in [0.717, 1.165) is 0 Å². The molecule has 0 N–H and O–H groups in total. The summed E-state index contributed by atoms with van der Waals surface area (Å²) in [6.45, 7) is 8.32. The van der Waals surface area contributed by atoms with E-state index in [1.54, 1.807) is 23.1 Å². The SMILES string of the molecule is COc1cc(C(=O)OCC(=O)N2CC(C)OC(C)C2)ccc1OC(C)C. The van der Waals surface area contributed by atoms with E-state index in [1.807, 2.05) is 27.7 Å². The lowest BCUT2D eigenvalue weighted by molar-refractivity contribution is -0.146. The van der Waals surface area contributed by atoms with E-state index in [9.17, 15) is 9.59 Å². The van der Waals surface area contributed by atoms with Gasteiger partial charge in [0.2, 0.25) is 0 Å². The number of carbonyl (C=O) groups excluding carboxylic acids is 2. The van der Waals surface area contributed by atoms with Crippen molar-refractivity contribution in [1.82, 2.24) is 4.90 Å². The molecule has 2 atom stereocenters. The number of amides is 1. The fourth-order valence-corrected chi connectivity index (χ4v) is 2.83. The average Bonchev–Trinajstić information content (AvgIpc) is 2.58. The highest BCUT2D eigenvalue weighted by molar-refractivity contribution is 5.92. The lowest BCUT2D eigenvalue weighted by atomic mass is 10.2. The lowest BCUT2D eigenvalue weighted by Gasteiger charge is -2.35. The second-order valence-corrected chi connectivity index (χ2v) is 6.66. The van der Waals surface area contributed by atoms with Gasteiger partial charge in [-0.25, -0.2) is 4.79 Å². The largest absolute Gasteiger partial charge is 0.493 e. The van der Waals surface area contributed by atoms with E-state index >= 15 is 0 Å². The predicted octanol–water partition coefficient (Wildman–Crippen LogP) is 2.28. The predicted molar refractivity (Wildman–Crippen MR) is 95.6 cm³/mol. The molecule has 0 saturated carbocycles. The molecule has 144 valence electrons. The minimum Gasteiger partial charge on any atom is -0.493 e. The van der Waals surface area contributed by atoms with Crippen LogP contribution in [0.2, 0.25) is 0 Å². The van der Waals surface area contributed by atoms with Gasteiger partial charge in [-0.2, -0.15) is 0 Å². The summed E-state index contributed by atoms with van der Waals surface area (Å²) in [5.41, 5.74) is 0.300. The fraction of sp³-hybridized carbons (Fsp3) is 0.579. The molecule has 1 fully saturated rings. The van der Waals surface area contributed by atoms with Crippen LogP contribution in [0.3, 0.4) is 0 Å². The molecule has 1 aliphatic heterocycles. The number of esters is 1. The highest BCUT2D eigenvalue weighted by atomic mass is 16.5. The van der Waals surface area contributed by atoms with Crippen LogP contribution in [0.1, 0.15) is 38.1 Å². The summed E-state index contributed by atoms with van der Waals surface area (Å²) >= 11 is 0.